The van der Waals surface area contributed by atoms with E-state index in [0.29, 0.717) is 0 Å². The quantitative estimate of drug-likeness (QED) is 0.746. The molecular formula is C14H28N2. The van der Waals surface area contributed by atoms with Gasteiger partial charge in [0.15, 0.2) is 0 Å². The van der Waals surface area contributed by atoms with Gasteiger partial charge in [0.1, 0.15) is 0 Å². The van der Waals surface area contributed by atoms with E-state index in [1.54, 1.807) is 0 Å². The van der Waals surface area contributed by atoms with Crippen molar-refractivity contribution in [3.05, 3.63) is 0 Å². The molecule has 1 aliphatic carbocycles. The van der Waals surface area contributed by atoms with Gasteiger partial charge < -0.3 is 5.32 Å². The Labute approximate surface area is 101 Å². The highest BCUT2D eigenvalue weighted by Crippen LogP contribution is 2.25. The van der Waals surface area contributed by atoms with Crippen LogP contribution in [0.3, 0.4) is 0 Å². The maximum atomic E-state index is 3.68. The highest BCUT2D eigenvalue weighted by atomic mass is 15.2. The molecular weight excluding hydrogens is 196 g/mol. The van der Waals surface area contributed by atoms with Crippen LogP contribution in [0.4, 0.5) is 0 Å². The van der Waals surface area contributed by atoms with Crippen LogP contribution < -0.4 is 5.32 Å². The Hall–Kier alpha value is -0.0800. The third-order valence-electron chi connectivity index (χ3n) is 4.25. The summed E-state index contributed by atoms with van der Waals surface area (Å²) >= 11 is 0. The van der Waals surface area contributed by atoms with Crippen LogP contribution in [0.1, 0.15) is 46.5 Å². The number of nitrogens with one attached hydrogen (secondary N) is 1. The van der Waals surface area contributed by atoms with Crippen LogP contribution in [0.5, 0.6) is 0 Å². The average molecular weight is 224 g/mol. The minimum absolute atomic E-state index is 0.806. The maximum absolute atomic E-state index is 3.68. The van der Waals surface area contributed by atoms with Crippen LogP contribution >= 0.6 is 0 Å². The summed E-state index contributed by atoms with van der Waals surface area (Å²) in [4.78, 5) is 2.73. The van der Waals surface area contributed by atoms with Gasteiger partial charge in [-0.2, -0.15) is 0 Å². The van der Waals surface area contributed by atoms with Crippen molar-refractivity contribution in [3.63, 3.8) is 0 Å². The van der Waals surface area contributed by atoms with Crippen molar-refractivity contribution in [3.8, 4) is 0 Å². The van der Waals surface area contributed by atoms with Crippen molar-refractivity contribution in [2.24, 2.45) is 11.8 Å². The van der Waals surface area contributed by atoms with Gasteiger partial charge in [-0.25, -0.2) is 0 Å². The molecule has 1 saturated heterocycles. The third-order valence-corrected chi connectivity index (χ3v) is 4.25. The first kappa shape index (κ1) is 12.4. The van der Waals surface area contributed by atoms with Crippen LogP contribution in [0, 0.1) is 11.8 Å². The van der Waals surface area contributed by atoms with E-state index >= 15 is 0 Å². The monoisotopic (exact) mass is 224 g/mol. The molecule has 1 aliphatic heterocycles. The van der Waals surface area contributed by atoms with Gasteiger partial charge in [0.05, 0.1) is 0 Å². The van der Waals surface area contributed by atoms with Gasteiger partial charge in [-0.15, -0.1) is 0 Å². The molecule has 1 N–H and O–H groups in total. The molecule has 0 aromatic rings. The molecule has 0 aromatic heterocycles. The summed E-state index contributed by atoms with van der Waals surface area (Å²) in [5, 5.41) is 3.68. The molecule has 2 aliphatic rings. The molecule has 0 amide bonds. The van der Waals surface area contributed by atoms with Crippen molar-refractivity contribution in [1.29, 1.82) is 0 Å². The van der Waals surface area contributed by atoms with Gasteiger partial charge >= 0.3 is 0 Å². The van der Waals surface area contributed by atoms with E-state index in [4.69, 9.17) is 0 Å². The zero-order valence-electron chi connectivity index (χ0n) is 11.2. The normalized spacial score (nSPS) is 28.9. The SMILES string of the molecule is CCC(C(C)C)N1CCC(CNC2CC2)C1. The first-order valence-corrected chi connectivity index (χ1v) is 7.18. The fourth-order valence-electron chi connectivity index (χ4n) is 3.10. The molecule has 1 saturated carbocycles. The fourth-order valence-corrected chi connectivity index (χ4v) is 3.10. The minimum atomic E-state index is 0.806. The predicted molar refractivity (Wildman–Crippen MR) is 69.6 cm³/mol. The van der Waals surface area contributed by atoms with Crippen LogP contribution in [0.15, 0.2) is 0 Å². The Bertz CT molecular complexity index is 211. The molecule has 2 unspecified atom stereocenters. The molecule has 0 radical (unpaired) electrons. The molecule has 0 bridgehead atoms. The van der Waals surface area contributed by atoms with E-state index in [9.17, 15) is 0 Å². The van der Waals surface area contributed by atoms with Gasteiger partial charge in [0, 0.05) is 18.6 Å². The molecule has 2 nitrogen and oxygen atoms in total. The summed E-state index contributed by atoms with van der Waals surface area (Å²) in [5.74, 6) is 1.72. The van der Waals surface area contributed by atoms with Crippen LogP contribution in [0.25, 0.3) is 0 Å². The summed E-state index contributed by atoms with van der Waals surface area (Å²) in [7, 11) is 0. The number of likely N-dealkylation sites (tertiary alicyclic amines) is 1. The van der Waals surface area contributed by atoms with Gasteiger partial charge in [0.25, 0.3) is 0 Å². The summed E-state index contributed by atoms with van der Waals surface area (Å²) < 4.78 is 0. The Morgan fingerprint density at radius 2 is 2.00 bits per heavy atom. The Balaban J connectivity index is 1.72. The summed E-state index contributed by atoms with van der Waals surface area (Å²) in [6, 6.07) is 1.69. The lowest BCUT2D eigenvalue weighted by Gasteiger charge is -2.30. The molecule has 94 valence electrons. The topological polar surface area (TPSA) is 15.3 Å². The largest absolute Gasteiger partial charge is 0.314 e. The lowest BCUT2D eigenvalue weighted by Crippen LogP contribution is -2.37. The zero-order chi connectivity index (χ0) is 11.5. The first-order chi connectivity index (χ1) is 7.70. The lowest BCUT2D eigenvalue weighted by molar-refractivity contribution is 0.179. The molecule has 2 rings (SSSR count). The minimum Gasteiger partial charge on any atom is -0.314 e. The molecule has 2 fully saturated rings. The number of hydrogen-bond donors (Lipinski definition) is 1. The summed E-state index contributed by atoms with van der Waals surface area (Å²) in [5.41, 5.74) is 0. The fraction of sp³-hybridized carbons (Fsp3) is 1.00. The molecule has 0 aromatic carbocycles. The molecule has 0 spiro atoms. The van der Waals surface area contributed by atoms with Crippen LogP contribution in [0.2, 0.25) is 0 Å². The second kappa shape index (κ2) is 5.50. The zero-order valence-corrected chi connectivity index (χ0v) is 11.2. The maximum Gasteiger partial charge on any atom is 0.0116 e. The molecule has 16 heavy (non-hydrogen) atoms. The van der Waals surface area contributed by atoms with Gasteiger partial charge in [-0.05, 0) is 50.6 Å². The number of hydrogen-bond acceptors (Lipinski definition) is 2. The Kier molecular flexibility index (Phi) is 4.26. The van der Waals surface area contributed by atoms with Gasteiger partial charge in [-0.3, -0.25) is 4.90 Å². The van der Waals surface area contributed by atoms with Crippen molar-refractivity contribution < 1.29 is 0 Å². The second-order valence-electron chi connectivity index (χ2n) is 6.05. The Morgan fingerprint density at radius 1 is 1.25 bits per heavy atom. The van der Waals surface area contributed by atoms with Gasteiger partial charge in [0.2, 0.25) is 0 Å². The smallest absolute Gasteiger partial charge is 0.0116 e. The second-order valence-corrected chi connectivity index (χ2v) is 6.05. The van der Waals surface area contributed by atoms with Crippen LogP contribution in [-0.4, -0.2) is 36.6 Å². The van der Waals surface area contributed by atoms with Crippen molar-refractivity contribution in [2.75, 3.05) is 19.6 Å². The van der Waals surface area contributed by atoms with Crippen molar-refractivity contribution >= 4 is 0 Å². The van der Waals surface area contributed by atoms with E-state index in [2.05, 4.69) is 31.0 Å². The highest BCUT2D eigenvalue weighted by Gasteiger charge is 2.30. The summed E-state index contributed by atoms with van der Waals surface area (Å²) in [6.07, 6.45) is 5.55. The lowest BCUT2D eigenvalue weighted by atomic mass is 10.0. The van der Waals surface area contributed by atoms with E-state index in [-0.39, 0.29) is 0 Å². The molecule has 2 heteroatoms. The van der Waals surface area contributed by atoms with Crippen LogP contribution in [-0.2, 0) is 0 Å². The van der Waals surface area contributed by atoms with Crippen molar-refractivity contribution in [2.45, 2.75) is 58.5 Å². The predicted octanol–water partition coefficient (Wildman–Crippen LogP) is 2.49. The number of rotatable bonds is 6. The first-order valence-electron chi connectivity index (χ1n) is 7.18. The van der Waals surface area contributed by atoms with E-state index in [0.717, 1.165) is 23.9 Å². The highest BCUT2D eigenvalue weighted by molar-refractivity contribution is 4.86. The molecule has 1 heterocycles. The average Bonchev–Trinajstić information content (AvgIpc) is 2.96. The van der Waals surface area contributed by atoms with Gasteiger partial charge in [-0.1, -0.05) is 20.8 Å². The van der Waals surface area contributed by atoms with E-state index in [1.807, 2.05) is 0 Å². The van der Waals surface area contributed by atoms with Crippen molar-refractivity contribution in [1.82, 2.24) is 10.2 Å². The standard InChI is InChI=1S/C14H28N2/c1-4-14(11(2)3)16-8-7-12(10-16)9-15-13-5-6-13/h11-15H,4-10H2,1-3H3. The third kappa shape index (κ3) is 3.21. The Morgan fingerprint density at radius 3 is 2.56 bits per heavy atom. The molecule has 2 atom stereocenters. The van der Waals surface area contributed by atoms with E-state index in [1.165, 1.54) is 45.3 Å². The summed E-state index contributed by atoms with van der Waals surface area (Å²) in [6.45, 7) is 11.0. The number of nitrogens with zero attached hydrogens (tertiary/aromatic N) is 1. The van der Waals surface area contributed by atoms with E-state index < -0.39 is 0 Å².